The van der Waals surface area contributed by atoms with E-state index in [-0.39, 0.29) is 5.91 Å². The molecule has 7 nitrogen and oxygen atoms in total. The van der Waals surface area contributed by atoms with Crippen LogP contribution in [0.4, 0.5) is 0 Å². The molecule has 3 rings (SSSR count). The molecule has 0 fully saturated rings. The molecule has 0 bridgehead atoms. The number of benzene rings is 1. The van der Waals surface area contributed by atoms with Gasteiger partial charge >= 0.3 is 0 Å². The van der Waals surface area contributed by atoms with Crippen molar-refractivity contribution >= 4 is 5.91 Å². The molecule has 2 heterocycles. The molecule has 0 aliphatic carbocycles. The van der Waals surface area contributed by atoms with Gasteiger partial charge in [-0.1, -0.05) is 30.3 Å². The average molecular weight is 311 g/mol. The van der Waals surface area contributed by atoms with E-state index in [1.54, 1.807) is 24.5 Å². The summed E-state index contributed by atoms with van der Waals surface area (Å²) in [6.45, 7) is 0.475. The average Bonchev–Trinajstić information content (AvgIpc) is 3.26. The molecule has 0 unspecified atom stereocenters. The van der Waals surface area contributed by atoms with E-state index in [2.05, 4.69) is 15.5 Å². The number of carbonyl (C=O) groups excluding carboxylic acids is 1. The number of amides is 1. The highest BCUT2D eigenvalue weighted by molar-refractivity contribution is 5.80. The van der Waals surface area contributed by atoms with E-state index in [9.17, 15) is 4.79 Å². The Bertz CT molecular complexity index is 725. The van der Waals surface area contributed by atoms with Crippen LogP contribution in [0, 0.1) is 0 Å². The Balaban J connectivity index is 1.78. The van der Waals surface area contributed by atoms with E-state index >= 15 is 0 Å². The van der Waals surface area contributed by atoms with Crippen molar-refractivity contribution in [1.29, 1.82) is 0 Å². The van der Waals surface area contributed by atoms with E-state index in [1.807, 2.05) is 36.4 Å². The van der Waals surface area contributed by atoms with Gasteiger partial charge in [0.15, 0.2) is 0 Å². The third-order valence-electron chi connectivity index (χ3n) is 3.62. The van der Waals surface area contributed by atoms with E-state index in [1.165, 1.54) is 11.0 Å². The summed E-state index contributed by atoms with van der Waals surface area (Å²) in [5, 5.41) is 11.2. The number of carbonyl (C=O) groups is 1. The van der Waals surface area contributed by atoms with E-state index in [4.69, 9.17) is 4.42 Å². The minimum absolute atomic E-state index is 0.0534. The van der Waals surface area contributed by atoms with Crippen LogP contribution in [0.2, 0.25) is 0 Å². The molecule has 0 radical (unpaired) electrons. The second kappa shape index (κ2) is 6.87. The zero-order valence-corrected chi connectivity index (χ0v) is 12.7. The van der Waals surface area contributed by atoms with Gasteiger partial charge in [0.05, 0.1) is 12.5 Å². The van der Waals surface area contributed by atoms with Gasteiger partial charge in [0.2, 0.25) is 5.91 Å². The van der Waals surface area contributed by atoms with Gasteiger partial charge in [-0.25, -0.2) is 4.68 Å². The normalized spacial score (nSPS) is 12.0. The summed E-state index contributed by atoms with van der Waals surface area (Å²) >= 11 is 0. The number of aromatic nitrogens is 4. The zero-order chi connectivity index (χ0) is 16.1. The van der Waals surface area contributed by atoms with Crippen molar-refractivity contribution in [3.63, 3.8) is 0 Å². The van der Waals surface area contributed by atoms with Crippen LogP contribution >= 0.6 is 0 Å². The highest BCUT2D eigenvalue weighted by Crippen LogP contribution is 2.17. The number of likely N-dealkylation sites (N-methyl/N-ethyl adjacent to an activating group) is 1. The van der Waals surface area contributed by atoms with Gasteiger partial charge in [-0.2, -0.15) is 0 Å². The second-order valence-corrected chi connectivity index (χ2v) is 5.32. The van der Waals surface area contributed by atoms with Crippen molar-refractivity contribution in [2.75, 3.05) is 7.05 Å². The van der Waals surface area contributed by atoms with Crippen molar-refractivity contribution < 1.29 is 9.21 Å². The zero-order valence-electron chi connectivity index (χ0n) is 12.7. The van der Waals surface area contributed by atoms with Crippen LogP contribution in [0.3, 0.4) is 0 Å². The summed E-state index contributed by atoms with van der Waals surface area (Å²) in [5.74, 6) is -0.0534. The highest BCUT2D eigenvalue weighted by Gasteiger charge is 2.25. The molecule has 0 aliphatic rings. The molecule has 0 N–H and O–H groups in total. The largest absolute Gasteiger partial charge is 0.472 e. The van der Waals surface area contributed by atoms with Crippen molar-refractivity contribution in [3.05, 3.63) is 66.4 Å². The Morgan fingerprint density at radius 3 is 2.74 bits per heavy atom. The van der Waals surface area contributed by atoms with E-state index in [0.29, 0.717) is 13.0 Å². The number of tetrazole rings is 1. The Morgan fingerprint density at radius 1 is 1.26 bits per heavy atom. The van der Waals surface area contributed by atoms with Gasteiger partial charge in [0.1, 0.15) is 12.4 Å². The lowest BCUT2D eigenvalue weighted by Crippen LogP contribution is -2.35. The van der Waals surface area contributed by atoms with Crippen LogP contribution in [0.25, 0.3) is 0 Å². The van der Waals surface area contributed by atoms with Crippen LogP contribution in [-0.2, 0) is 17.8 Å². The predicted molar refractivity (Wildman–Crippen MR) is 82.2 cm³/mol. The first-order valence-corrected chi connectivity index (χ1v) is 7.26. The third-order valence-corrected chi connectivity index (χ3v) is 3.62. The molecule has 0 spiro atoms. The first-order chi connectivity index (χ1) is 11.2. The molecule has 23 heavy (non-hydrogen) atoms. The minimum atomic E-state index is -0.482. The van der Waals surface area contributed by atoms with Crippen LogP contribution in [0.5, 0.6) is 0 Å². The fourth-order valence-corrected chi connectivity index (χ4v) is 2.43. The SMILES string of the molecule is CN(Cc1ccoc1)C(=O)[C@H](Cc1ccccc1)n1cnnn1. The van der Waals surface area contributed by atoms with Crippen molar-refractivity contribution in [3.8, 4) is 0 Å². The van der Waals surface area contributed by atoms with Crippen molar-refractivity contribution in [2.45, 2.75) is 19.0 Å². The van der Waals surface area contributed by atoms with E-state index in [0.717, 1.165) is 11.1 Å². The fraction of sp³-hybridized carbons (Fsp3) is 0.250. The number of furan rings is 1. The van der Waals surface area contributed by atoms with Crippen LogP contribution in [0.15, 0.2) is 59.7 Å². The molecule has 1 atom stereocenters. The summed E-state index contributed by atoms with van der Waals surface area (Å²) < 4.78 is 6.55. The minimum Gasteiger partial charge on any atom is -0.472 e. The van der Waals surface area contributed by atoms with Crippen LogP contribution < -0.4 is 0 Å². The third kappa shape index (κ3) is 3.63. The molecule has 0 saturated heterocycles. The number of nitrogens with zero attached hydrogens (tertiary/aromatic N) is 5. The Labute approximate surface area is 133 Å². The number of hydrogen-bond acceptors (Lipinski definition) is 5. The lowest BCUT2D eigenvalue weighted by atomic mass is 10.0. The van der Waals surface area contributed by atoms with Gasteiger partial charge in [-0.3, -0.25) is 4.79 Å². The molecule has 1 aromatic carbocycles. The Morgan fingerprint density at radius 2 is 2.09 bits per heavy atom. The molecule has 0 aliphatic heterocycles. The highest BCUT2D eigenvalue weighted by atomic mass is 16.3. The smallest absolute Gasteiger partial charge is 0.247 e. The summed E-state index contributed by atoms with van der Waals surface area (Å²) in [4.78, 5) is 14.5. The second-order valence-electron chi connectivity index (χ2n) is 5.32. The molecule has 118 valence electrons. The molecule has 1 amide bonds. The molecular weight excluding hydrogens is 294 g/mol. The maximum atomic E-state index is 12.9. The topological polar surface area (TPSA) is 77.0 Å². The van der Waals surface area contributed by atoms with Gasteiger partial charge in [0.25, 0.3) is 0 Å². The summed E-state index contributed by atoms with van der Waals surface area (Å²) in [6, 6.07) is 11.2. The van der Waals surface area contributed by atoms with Crippen molar-refractivity contribution in [1.82, 2.24) is 25.1 Å². The van der Waals surface area contributed by atoms with Gasteiger partial charge in [0, 0.05) is 25.6 Å². The first kappa shape index (κ1) is 15.0. The molecular formula is C16H17N5O2. The van der Waals surface area contributed by atoms with Gasteiger partial charge in [-0.05, 0) is 22.1 Å². The Hall–Kier alpha value is -2.96. The molecule has 7 heteroatoms. The first-order valence-electron chi connectivity index (χ1n) is 7.26. The summed E-state index contributed by atoms with van der Waals surface area (Å²) in [6.07, 6.45) is 5.22. The lowest BCUT2D eigenvalue weighted by Gasteiger charge is -2.23. The van der Waals surface area contributed by atoms with E-state index < -0.39 is 6.04 Å². The number of hydrogen-bond donors (Lipinski definition) is 0. The van der Waals surface area contributed by atoms with Crippen LogP contribution in [-0.4, -0.2) is 38.1 Å². The predicted octanol–water partition coefficient (Wildman–Crippen LogP) is 1.71. The lowest BCUT2D eigenvalue weighted by molar-refractivity contribution is -0.134. The summed E-state index contributed by atoms with van der Waals surface area (Å²) in [5.41, 5.74) is 1.99. The maximum absolute atomic E-state index is 12.9. The maximum Gasteiger partial charge on any atom is 0.247 e. The quantitative estimate of drug-likeness (QED) is 0.692. The molecule has 3 aromatic rings. The molecule has 0 saturated carbocycles. The summed E-state index contributed by atoms with van der Waals surface area (Å²) in [7, 11) is 1.76. The van der Waals surface area contributed by atoms with Crippen molar-refractivity contribution in [2.24, 2.45) is 0 Å². The van der Waals surface area contributed by atoms with Gasteiger partial charge < -0.3 is 9.32 Å². The number of rotatable bonds is 6. The standard InChI is InChI=1S/C16H17N5O2/c1-20(10-14-7-8-23-11-14)16(22)15(21-12-17-18-19-21)9-13-5-3-2-4-6-13/h2-8,11-12,15H,9-10H2,1H3/t15-/m0/s1. The fourth-order valence-electron chi connectivity index (χ4n) is 2.43. The van der Waals surface area contributed by atoms with Gasteiger partial charge in [-0.15, -0.1) is 5.10 Å². The molecule has 2 aromatic heterocycles. The monoisotopic (exact) mass is 311 g/mol. The van der Waals surface area contributed by atoms with Crippen LogP contribution in [0.1, 0.15) is 17.2 Å². The Kier molecular flexibility index (Phi) is 4.46.